The van der Waals surface area contributed by atoms with Crippen molar-refractivity contribution in [2.24, 2.45) is 0 Å². The van der Waals surface area contributed by atoms with Gasteiger partial charge < -0.3 is 4.40 Å². The summed E-state index contributed by atoms with van der Waals surface area (Å²) in [5.41, 5.74) is 7.06. The summed E-state index contributed by atoms with van der Waals surface area (Å²) in [6.45, 7) is 6.12. The summed E-state index contributed by atoms with van der Waals surface area (Å²) < 4.78 is 1.90. The minimum atomic E-state index is 0.696. The summed E-state index contributed by atoms with van der Waals surface area (Å²) in [7, 11) is 0. The first kappa shape index (κ1) is 12.6. The van der Waals surface area contributed by atoms with Crippen molar-refractivity contribution >= 4 is 11.9 Å². The molecule has 3 aromatic rings. The Morgan fingerprint density at radius 1 is 1.00 bits per heavy atom. The van der Waals surface area contributed by atoms with E-state index in [9.17, 15) is 4.79 Å². The van der Waals surface area contributed by atoms with E-state index in [1.54, 1.807) is 0 Å². The Morgan fingerprint density at radius 3 is 2.50 bits per heavy atom. The number of aromatic nitrogens is 2. The zero-order valence-electron chi connectivity index (χ0n) is 11.8. The average Bonchev–Trinajstić information content (AvgIpc) is 2.83. The van der Waals surface area contributed by atoms with Gasteiger partial charge in [0, 0.05) is 23.5 Å². The standard InChI is InChI=1S/C17H16N2O/c1-11-4-5-14(6-12(11)2)16-9-19-8-15(10-20)13(3)7-17(19)18-16/h4-10H,1-3H3. The predicted octanol–water partition coefficient (Wildman–Crippen LogP) is 3.74. The van der Waals surface area contributed by atoms with Crippen LogP contribution in [0.25, 0.3) is 16.9 Å². The van der Waals surface area contributed by atoms with E-state index >= 15 is 0 Å². The van der Waals surface area contributed by atoms with E-state index in [-0.39, 0.29) is 0 Å². The van der Waals surface area contributed by atoms with Gasteiger partial charge in [-0.2, -0.15) is 0 Å². The molecule has 2 heterocycles. The van der Waals surface area contributed by atoms with E-state index in [4.69, 9.17) is 0 Å². The van der Waals surface area contributed by atoms with Gasteiger partial charge in [0.2, 0.25) is 0 Å². The number of carbonyl (C=O) groups is 1. The summed E-state index contributed by atoms with van der Waals surface area (Å²) in [4.78, 5) is 15.6. The molecule has 0 amide bonds. The average molecular weight is 264 g/mol. The molecule has 0 fully saturated rings. The van der Waals surface area contributed by atoms with Crippen molar-refractivity contribution in [3.05, 3.63) is 58.9 Å². The third kappa shape index (κ3) is 2.01. The molecule has 0 N–H and O–H groups in total. The van der Waals surface area contributed by atoms with E-state index < -0.39 is 0 Å². The number of hydrogen-bond acceptors (Lipinski definition) is 2. The van der Waals surface area contributed by atoms with Crippen molar-refractivity contribution in [2.45, 2.75) is 20.8 Å². The van der Waals surface area contributed by atoms with Gasteiger partial charge in [0.15, 0.2) is 6.29 Å². The van der Waals surface area contributed by atoms with Gasteiger partial charge in [-0.25, -0.2) is 4.98 Å². The molecule has 0 aliphatic rings. The number of rotatable bonds is 2. The highest BCUT2D eigenvalue weighted by atomic mass is 16.1. The van der Waals surface area contributed by atoms with Crippen molar-refractivity contribution in [3.63, 3.8) is 0 Å². The minimum absolute atomic E-state index is 0.696. The SMILES string of the molecule is Cc1ccc(-c2cn3cc(C=O)c(C)cc3n2)cc1C. The van der Waals surface area contributed by atoms with Gasteiger partial charge in [-0.05, 0) is 49.6 Å². The van der Waals surface area contributed by atoms with Gasteiger partial charge in [-0.15, -0.1) is 0 Å². The normalized spacial score (nSPS) is 10.9. The van der Waals surface area contributed by atoms with Crippen LogP contribution in [0.1, 0.15) is 27.0 Å². The maximum absolute atomic E-state index is 11.0. The van der Waals surface area contributed by atoms with Crippen LogP contribution in [0.5, 0.6) is 0 Å². The number of nitrogens with zero attached hydrogens (tertiary/aromatic N) is 2. The highest BCUT2D eigenvalue weighted by Gasteiger charge is 2.07. The molecule has 3 heteroatoms. The monoisotopic (exact) mass is 264 g/mol. The Bertz CT molecular complexity index is 815. The second-order valence-electron chi connectivity index (χ2n) is 5.22. The number of imidazole rings is 1. The predicted molar refractivity (Wildman–Crippen MR) is 80.2 cm³/mol. The Labute approximate surface area is 117 Å². The molecule has 0 aliphatic carbocycles. The van der Waals surface area contributed by atoms with Gasteiger partial charge in [0.1, 0.15) is 5.65 Å². The molecule has 0 radical (unpaired) electrons. The van der Waals surface area contributed by atoms with Crippen molar-refractivity contribution in [2.75, 3.05) is 0 Å². The number of aldehydes is 1. The Balaban J connectivity index is 2.17. The molecule has 0 unspecified atom stereocenters. The van der Waals surface area contributed by atoms with Gasteiger partial charge >= 0.3 is 0 Å². The van der Waals surface area contributed by atoms with Crippen LogP contribution < -0.4 is 0 Å². The minimum Gasteiger partial charge on any atom is -0.306 e. The molecule has 0 atom stereocenters. The highest BCUT2D eigenvalue weighted by Crippen LogP contribution is 2.22. The van der Waals surface area contributed by atoms with Crippen LogP contribution in [0.3, 0.4) is 0 Å². The first-order valence-corrected chi connectivity index (χ1v) is 6.60. The second-order valence-corrected chi connectivity index (χ2v) is 5.22. The fraction of sp³-hybridized carbons (Fsp3) is 0.176. The third-order valence-corrected chi connectivity index (χ3v) is 3.77. The van der Waals surface area contributed by atoms with Crippen LogP contribution in [0.2, 0.25) is 0 Å². The number of hydrogen-bond donors (Lipinski definition) is 0. The van der Waals surface area contributed by atoms with Gasteiger partial charge in [-0.3, -0.25) is 4.79 Å². The molecule has 0 spiro atoms. The van der Waals surface area contributed by atoms with Crippen LogP contribution in [0.4, 0.5) is 0 Å². The number of benzene rings is 1. The second kappa shape index (κ2) is 4.60. The molecule has 100 valence electrons. The Morgan fingerprint density at radius 2 is 1.80 bits per heavy atom. The lowest BCUT2D eigenvalue weighted by atomic mass is 10.1. The quantitative estimate of drug-likeness (QED) is 0.661. The van der Waals surface area contributed by atoms with Crippen molar-refractivity contribution in [3.8, 4) is 11.3 Å². The third-order valence-electron chi connectivity index (χ3n) is 3.77. The summed E-state index contributed by atoms with van der Waals surface area (Å²) in [6, 6.07) is 8.27. The summed E-state index contributed by atoms with van der Waals surface area (Å²) in [5.74, 6) is 0. The van der Waals surface area contributed by atoms with Crippen molar-refractivity contribution < 1.29 is 4.79 Å². The molecule has 3 rings (SSSR count). The van der Waals surface area contributed by atoms with Crippen molar-refractivity contribution in [1.82, 2.24) is 9.38 Å². The van der Waals surface area contributed by atoms with E-state index in [1.807, 2.05) is 29.8 Å². The van der Waals surface area contributed by atoms with Crippen LogP contribution in [0.15, 0.2) is 36.7 Å². The van der Waals surface area contributed by atoms with Crippen LogP contribution >= 0.6 is 0 Å². The smallest absolute Gasteiger partial charge is 0.151 e. The molecular weight excluding hydrogens is 248 g/mol. The molecule has 20 heavy (non-hydrogen) atoms. The van der Waals surface area contributed by atoms with Crippen LogP contribution in [0, 0.1) is 20.8 Å². The number of aryl methyl sites for hydroxylation is 3. The lowest BCUT2D eigenvalue weighted by Crippen LogP contribution is -1.91. The Hall–Kier alpha value is -2.42. The first-order valence-electron chi connectivity index (χ1n) is 6.60. The zero-order chi connectivity index (χ0) is 14.3. The van der Waals surface area contributed by atoms with Gasteiger partial charge in [0.25, 0.3) is 0 Å². The lowest BCUT2D eigenvalue weighted by Gasteiger charge is -2.01. The van der Waals surface area contributed by atoms with E-state index in [1.165, 1.54) is 11.1 Å². The molecular formula is C17H16N2O. The largest absolute Gasteiger partial charge is 0.306 e. The van der Waals surface area contributed by atoms with Crippen LogP contribution in [-0.2, 0) is 0 Å². The lowest BCUT2D eigenvalue weighted by molar-refractivity contribution is 0.112. The van der Waals surface area contributed by atoms with E-state index in [2.05, 4.69) is 37.0 Å². The Kier molecular flexibility index (Phi) is 2.90. The van der Waals surface area contributed by atoms with Crippen LogP contribution in [-0.4, -0.2) is 15.7 Å². The first-order chi connectivity index (χ1) is 9.58. The summed E-state index contributed by atoms with van der Waals surface area (Å²) in [5, 5.41) is 0. The number of carbonyl (C=O) groups excluding carboxylic acids is 1. The summed E-state index contributed by atoms with van der Waals surface area (Å²) in [6.07, 6.45) is 4.67. The maximum atomic E-state index is 11.0. The molecule has 0 saturated carbocycles. The zero-order valence-corrected chi connectivity index (χ0v) is 11.8. The highest BCUT2D eigenvalue weighted by molar-refractivity contribution is 5.78. The fourth-order valence-corrected chi connectivity index (χ4v) is 2.31. The molecule has 1 aromatic carbocycles. The fourth-order valence-electron chi connectivity index (χ4n) is 2.31. The molecule has 2 aromatic heterocycles. The van der Waals surface area contributed by atoms with Gasteiger partial charge in [-0.1, -0.05) is 12.1 Å². The molecule has 0 bridgehead atoms. The molecule has 0 saturated heterocycles. The molecule has 3 nitrogen and oxygen atoms in total. The summed E-state index contributed by atoms with van der Waals surface area (Å²) >= 11 is 0. The number of fused-ring (bicyclic) bond motifs is 1. The number of pyridine rings is 1. The topological polar surface area (TPSA) is 34.4 Å². The van der Waals surface area contributed by atoms with Gasteiger partial charge in [0.05, 0.1) is 5.69 Å². The van der Waals surface area contributed by atoms with E-state index in [0.717, 1.165) is 28.8 Å². The maximum Gasteiger partial charge on any atom is 0.151 e. The van der Waals surface area contributed by atoms with E-state index in [0.29, 0.717) is 5.56 Å². The molecule has 0 aliphatic heterocycles. The van der Waals surface area contributed by atoms with Crippen molar-refractivity contribution in [1.29, 1.82) is 0 Å².